The molecule has 1 saturated heterocycles. The zero-order valence-corrected chi connectivity index (χ0v) is 11.5. The van der Waals surface area contributed by atoms with Crippen LogP contribution in [0.15, 0.2) is 34.9 Å². The fourth-order valence-corrected chi connectivity index (χ4v) is 2.55. The summed E-state index contributed by atoms with van der Waals surface area (Å²) in [4.78, 5) is 28.8. The third-order valence-electron chi connectivity index (χ3n) is 3.01. The van der Waals surface area contributed by atoms with E-state index in [-0.39, 0.29) is 5.91 Å². The highest BCUT2D eigenvalue weighted by Crippen LogP contribution is 2.26. The predicted molar refractivity (Wildman–Crippen MR) is 74.9 cm³/mol. The van der Waals surface area contributed by atoms with Crippen molar-refractivity contribution in [2.24, 2.45) is 0 Å². The van der Waals surface area contributed by atoms with Crippen molar-refractivity contribution in [2.75, 3.05) is 11.4 Å². The van der Waals surface area contributed by atoms with Gasteiger partial charge < -0.3 is 0 Å². The number of carbonyl (C=O) groups is 2. The molecule has 0 saturated carbocycles. The van der Waals surface area contributed by atoms with Gasteiger partial charge in [-0.05, 0) is 28.1 Å². The van der Waals surface area contributed by atoms with Crippen LogP contribution in [0.5, 0.6) is 0 Å². The molecule has 19 heavy (non-hydrogen) atoms. The van der Waals surface area contributed by atoms with E-state index < -0.39 is 6.03 Å². The fraction of sp³-hybridized carbons (Fsp3) is 0.154. The average Bonchev–Trinajstić information content (AvgIpc) is 2.38. The van der Waals surface area contributed by atoms with E-state index in [2.05, 4.69) is 26.2 Å². The lowest BCUT2D eigenvalue weighted by atomic mass is 10.2. The van der Waals surface area contributed by atoms with Crippen LogP contribution >= 0.6 is 15.9 Å². The molecule has 3 rings (SSSR count). The zero-order chi connectivity index (χ0) is 13.4. The molecule has 5 nitrogen and oxygen atoms in total. The summed E-state index contributed by atoms with van der Waals surface area (Å²) in [5.74, 6) is -0.238. The van der Waals surface area contributed by atoms with E-state index >= 15 is 0 Å². The molecule has 2 aromatic rings. The van der Waals surface area contributed by atoms with E-state index in [4.69, 9.17) is 0 Å². The van der Waals surface area contributed by atoms with E-state index in [0.29, 0.717) is 18.7 Å². The second-order valence-electron chi connectivity index (χ2n) is 4.26. The number of amides is 3. The van der Waals surface area contributed by atoms with Crippen molar-refractivity contribution in [3.8, 4) is 0 Å². The number of aromatic nitrogens is 1. The Balaban J connectivity index is 2.02. The number of hydrogen-bond donors (Lipinski definition) is 1. The average molecular weight is 320 g/mol. The second-order valence-corrected chi connectivity index (χ2v) is 5.11. The third-order valence-corrected chi connectivity index (χ3v) is 3.65. The second kappa shape index (κ2) is 4.62. The van der Waals surface area contributed by atoms with Crippen molar-refractivity contribution < 1.29 is 9.59 Å². The molecule has 96 valence electrons. The predicted octanol–water partition coefficient (Wildman–Crippen LogP) is 2.44. The molecule has 0 radical (unpaired) electrons. The first-order valence-electron chi connectivity index (χ1n) is 5.81. The van der Waals surface area contributed by atoms with Crippen LogP contribution in [0.4, 0.5) is 10.5 Å². The maximum absolute atomic E-state index is 11.8. The molecule has 1 aliphatic heterocycles. The summed E-state index contributed by atoms with van der Waals surface area (Å²) in [6, 6.07) is 7.26. The number of rotatable bonds is 1. The lowest BCUT2D eigenvalue weighted by Gasteiger charge is -2.26. The molecule has 0 atom stereocenters. The quantitative estimate of drug-likeness (QED) is 0.878. The number of imide groups is 1. The highest BCUT2D eigenvalue weighted by Gasteiger charge is 2.24. The van der Waals surface area contributed by atoms with Crippen LogP contribution in [0.25, 0.3) is 10.9 Å². The Morgan fingerprint density at radius 3 is 2.95 bits per heavy atom. The number of pyridine rings is 1. The van der Waals surface area contributed by atoms with Crippen LogP contribution in [0.3, 0.4) is 0 Å². The summed E-state index contributed by atoms with van der Waals surface area (Å²) in [5.41, 5.74) is 1.54. The molecule has 2 heterocycles. The van der Waals surface area contributed by atoms with Crippen molar-refractivity contribution in [2.45, 2.75) is 6.42 Å². The van der Waals surface area contributed by atoms with Crippen LogP contribution in [0, 0.1) is 0 Å². The van der Waals surface area contributed by atoms with Crippen LogP contribution in [0.2, 0.25) is 0 Å². The smallest absolute Gasteiger partial charge is 0.292 e. The zero-order valence-electron chi connectivity index (χ0n) is 9.89. The number of hydrogen-bond acceptors (Lipinski definition) is 3. The Morgan fingerprint density at radius 2 is 2.16 bits per heavy atom. The summed E-state index contributed by atoms with van der Waals surface area (Å²) in [6.07, 6.45) is 1.95. The minimum atomic E-state index is -0.396. The summed E-state index contributed by atoms with van der Waals surface area (Å²) in [6.45, 7) is 0.381. The highest BCUT2D eigenvalue weighted by molar-refractivity contribution is 9.10. The molecule has 3 amide bonds. The molecular weight excluding hydrogens is 310 g/mol. The van der Waals surface area contributed by atoms with Crippen molar-refractivity contribution in [3.05, 3.63) is 34.9 Å². The van der Waals surface area contributed by atoms with Crippen LogP contribution in [-0.2, 0) is 4.79 Å². The SMILES string of the molecule is O=C1CCN(c2cnc3c(Br)cccc3c2)C(=O)N1. The normalized spacial score (nSPS) is 15.7. The molecule has 1 aromatic carbocycles. The van der Waals surface area contributed by atoms with Gasteiger partial charge in [0.15, 0.2) is 0 Å². The molecular formula is C13H10BrN3O2. The number of para-hydroxylation sites is 1. The van der Waals surface area contributed by atoms with Gasteiger partial charge in [0.05, 0.1) is 17.4 Å². The molecule has 1 N–H and O–H groups in total. The Hall–Kier alpha value is -1.95. The lowest BCUT2D eigenvalue weighted by molar-refractivity contribution is -0.120. The first-order chi connectivity index (χ1) is 9.15. The van der Waals surface area contributed by atoms with Crippen molar-refractivity contribution >= 4 is 44.5 Å². The minimum absolute atomic E-state index is 0.238. The number of fused-ring (bicyclic) bond motifs is 1. The Bertz CT molecular complexity index is 687. The highest BCUT2D eigenvalue weighted by atomic mass is 79.9. The topological polar surface area (TPSA) is 62.3 Å². The Kier molecular flexibility index (Phi) is 2.94. The summed E-state index contributed by atoms with van der Waals surface area (Å²) in [5, 5.41) is 3.24. The van der Waals surface area contributed by atoms with Gasteiger partial charge in [0.2, 0.25) is 5.91 Å². The Labute approximate surface area is 117 Å². The van der Waals surface area contributed by atoms with Gasteiger partial charge in [-0.15, -0.1) is 0 Å². The minimum Gasteiger partial charge on any atom is -0.292 e. The van der Waals surface area contributed by atoms with Gasteiger partial charge >= 0.3 is 6.03 Å². The molecule has 1 fully saturated rings. The molecule has 0 aliphatic carbocycles. The van der Waals surface area contributed by atoms with Gasteiger partial charge in [-0.1, -0.05) is 12.1 Å². The summed E-state index contributed by atoms with van der Waals surface area (Å²) in [7, 11) is 0. The van der Waals surface area contributed by atoms with Gasteiger partial charge in [0.25, 0.3) is 0 Å². The number of halogens is 1. The first kappa shape index (κ1) is 12.1. The van der Waals surface area contributed by atoms with E-state index in [1.807, 2.05) is 24.3 Å². The van der Waals surface area contributed by atoms with Gasteiger partial charge in [-0.25, -0.2) is 4.79 Å². The van der Waals surface area contributed by atoms with E-state index in [1.54, 1.807) is 6.20 Å². The number of anilines is 1. The molecule has 1 aromatic heterocycles. The van der Waals surface area contributed by atoms with Gasteiger partial charge in [0, 0.05) is 22.8 Å². The monoisotopic (exact) mass is 319 g/mol. The summed E-state index contributed by atoms with van der Waals surface area (Å²) >= 11 is 3.44. The van der Waals surface area contributed by atoms with Crippen LogP contribution < -0.4 is 10.2 Å². The molecule has 0 unspecified atom stereocenters. The van der Waals surface area contributed by atoms with Crippen molar-refractivity contribution in [1.82, 2.24) is 10.3 Å². The lowest BCUT2D eigenvalue weighted by Crippen LogP contribution is -2.49. The van der Waals surface area contributed by atoms with E-state index in [9.17, 15) is 9.59 Å². The van der Waals surface area contributed by atoms with Crippen molar-refractivity contribution in [1.29, 1.82) is 0 Å². The van der Waals surface area contributed by atoms with Crippen LogP contribution in [-0.4, -0.2) is 23.5 Å². The standard InChI is InChI=1S/C13H10BrN3O2/c14-10-3-1-2-8-6-9(7-15-12(8)10)17-5-4-11(18)16-13(17)19/h1-3,6-7H,4-5H2,(H,16,18,19). The van der Waals surface area contributed by atoms with Crippen LogP contribution in [0.1, 0.15) is 6.42 Å². The number of nitrogens with one attached hydrogen (secondary N) is 1. The molecule has 1 aliphatic rings. The van der Waals surface area contributed by atoms with Crippen molar-refractivity contribution in [3.63, 3.8) is 0 Å². The maximum atomic E-state index is 11.8. The fourth-order valence-electron chi connectivity index (χ4n) is 2.07. The van der Waals surface area contributed by atoms with E-state index in [0.717, 1.165) is 15.4 Å². The van der Waals surface area contributed by atoms with Gasteiger partial charge in [-0.2, -0.15) is 0 Å². The number of urea groups is 1. The third kappa shape index (κ3) is 2.19. The molecule has 0 spiro atoms. The molecule has 6 heteroatoms. The van der Waals surface area contributed by atoms with Gasteiger partial charge in [-0.3, -0.25) is 20.0 Å². The number of carbonyl (C=O) groups excluding carboxylic acids is 2. The number of nitrogens with zero attached hydrogens (tertiary/aromatic N) is 2. The number of benzene rings is 1. The molecule has 0 bridgehead atoms. The Morgan fingerprint density at radius 1 is 1.32 bits per heavy atom. The summed E-state index contributed by atoms with van der Waals surface area (Å²) < 4.78 is 0.912. The first-order valence-corrected chi connectivity index (χ1v) is 6.60. The van der Waals surface area contributed by atoms with Gasteiger partial charge in [0.1, 0.15) is 0 Å². The maximum Gasteiger partial charge on any atom is 0.328 e. The van der Waals surface area contributed by atoms with E-state index in [1.165, 1.54) is 4.90 Å². The largest absolute Gasteiger partial charge is 0.328 e.